The Morgan fingerprint density at radius 2 is 1.92 bits per heavy atom. The molecule has 1 aromatic heterocycles. The lowest BCUT2D eigenvalue weighted by atomic mass is 10.1. The van der Waals surface area contributed by atoms with Crippen LogP contribution in [-0.2, 0) is 18.3 Å². The molecule has 124 valence electrons. The Labute approximate surface area is 145 Å². The highest BCUT2D eigenvalue weighted by Crippen LogP contribution is 2.25. The van der Waals surface area contributed by atoms with Crippen molar-refractivity contribution >= 4 is 28.4 Å². The molecule has 0 fully saturated rings. The lowest BCUT2D eigenvalue weighted by molar-refractivity contribution is -0.120. The topological polar surface area (TPSA) is 54.3 Å². The van der Waals surface area contributed by atoms with Crippen molar-refractivity contribution in [3.8, 4) is 0 Å². The number of aromatic nitrogens is 1. The molecule has 0 aliphatic rings. The highest BCUT2D eigenvalue weighted by atomic mass is 35.5. The maximum Gasteiger partial charge on any atom is 0.224 e. The highest BCUT2D eigenvalue weighted by Gasteiger charge is 2.15. The van der Waals surface area contributed by atoms with Crippen LogP contribution in [0.1, 0.15) is 17.2 Å². The molecule has 3 rings (SSSR count). The van der Waals surface area contributed by atoms with Crippen LogP contribution in [0.15, 0.2) is 54.7 Å². The highest BCUT2D eigenvalue weighted by molar-refractivity contribution is 6.30. The van der Waals surface area contributed by atoms with Crippen LogP contribution >= 0.6 is 11.6 Å². The molecule has 1 atom stereocenters. The second-order valence-electron chi connectivity index (χ2n) is 5.84. The fraction of sp³-hybridized carbons (Fsp3) is 0.211. The summed E-state index contributed by atoms with van der Waals surface area (Å²) in [6, 6.07) is 15.1. The zero-order valence-corrected chi connectivity index (χ0v) is 14.1. The number of aliphatic hydroxyl groups excluding tert-OH is 1. The first kappa shape index (κ1) is 16.6. The van der Waals surface area contributed by atoms with Gasteiger partial charge in [0.2, 0.25) is 5.91 Å². The van der Waals surface area contributed by atoms with Crippen molar-refractivity contribution in [2.24, 2.45) is 7.05 Å². The van der Waals surface area contributed by atoms with Crippen molar-refractivity contribution in [3.63, 3.8) is 0 Å². The summed E-state index contributed by atoms with van der Waals surface area (Å²) < 4.78 is 1.98. The first-order valence-electron chi connectivity index (χ1n) is 7.78. The van der Waals surface area contributed by atoms with E-state index in [-0.39, 0.29) is 18.9 Å². The van der Waals surface area contributed by atoms with Gasteiger partial charge in [-0.3, -0.25) is 4.79 Å². The van der Waals surface area contributed by atoms with Gasteiger partial charge in [0.25, 0.3) is 0 Å². The third-order valence-corrected chi connectivity index (χ3v) is 4.31. The number of rotatable bonds is 5. The standard InChI is InChI=1S/C19H19ClN2O2/c1-22-12-16(15-4-2-3-5-17(15)22)18(23)11-21-19(24)10-13-6-8-14(20)9-7-13/h2-9,12,18,23H,10-11H2,1H3,(H,21,24). The molecule has 0 saturated carbocycles. The van der Waals surface area contributed by atoms with Crippen molar-refractivity contribution in [2.45, 2.75) is 12.5 Å². The van der Waals surface area contributed by atoms with E-state index in [4.69, 9.17) is 11.6 Å². The van der Waals surface area contributed by atoms with Crippen LogP contribution < -0.4 is 5.32 Å². The number of aryl methyl sites for hydroxylation is 1. The molecule has 1 heterocycles. The van der Waals surface area contributed by atoms with Gasteiger partial charge in [-0.2, -0.15) is 0 Å². The van der Waals surface area contributed by atoms with Gasteiger partial charge in [0.05, 0.1) is 12.5 Å². The van der Waals surface area contributed by atoms with Gasteiger partial charge in [0.15, 0.2) is 0 Å². The fourth-order valence-corrected chi connectivity index (χ4v) is 2.94. The maximum absolute atomic E-state index is 12.0. The first-order chi connectivity index (χ1) is 11.5. The van der Waals surface area contributed by atoms with Crippen molar-refractivity contribution in [1.82, 2.24) is 9.88 Å². The van der Waals surface area contributed by atoms with Crippen LogP contribution in [-0.4, -0.2) is 22.1 Å². The van der Waals surface area contributed by atoms with Crippen LogP contribution in [0.5, 0.6) is 0 Å². The molecule has 0 saturated heterocycles. The monoisotopic (exact) mass is 342 g/mol. The number of hydrogen-bond donors (Lipinski definition) is 2. The van der Waals surface area contributed by atoms with Gasteiger partial charge >= 0.3 is 0 Å². The number of halogens is 1. The van der Waals surface area contributed by atoms with E-state index in [1.807, 2.05) is 54.2 Å². The molecule has 3 aromatic rings. The number of benzene rings is 2. The summed E-state index contributed by atoms with van der Waals surface area (Å²) in [5.41, 5.74) is 2.76. The molecule has 24 heavy (non-hydrogen) atoms. The van der Waals surface area contributed by atoms with E-state index in [2.05, 4.69) is 5.32 Å². The molecule has 5 heteroatoms. The van der Waals surface area contributed by atoms with Crippen LogP contribution in [0.25, 0.3) is 10.9 Å². The number of nitrogens with zero attached hydrogens (tertiary/aromatic N) is 1. The van der Waals surface area contributed by atoms with Gasteiger partial charge in [-0.05, 0) is 23.8 Å². The molecular formula is C19H19ClN2O2. The molecular weight excluding hydrogens is 324 g/mol. The Bertz CT molecular complexity index is 855. The lowest BCUT2D eigenvalue weighted by Gasteiger charge is -2.11. The molecule has 1 amide bonds. The minimum absolute atomic E-state index is 0.128. The number of amides is 1. The number of carbonyl (C=O) groups is 1. The van der Waals surface area contributed by atoms with Gasteiger partial charge in [-0.25, -0.2) is 0 Å². The largest absolute Gasteiger partial charge is 0.386 e. The SMILES string of the molecule is Cn1cc(C(O)CNC(=O)Cc2ccc(Cl)cc2)c2ccccc21. The van der Waals surface area contributed by atoms with Gasteiger partial charge in [0, 0.05) is 41.3 Å². The normalized spacial score (nSPS) is 12.3. The van der Waals surface area contributed by atoms with Crippen molar-refractivity contribution in [2.75, 3.05) is 6.54 Å². The second-order valence-corrected chi connectivity index (χ2v) is 6.27. The zero-order chi connectivity index (χ0) is 17.1. The zero-order valence-electron chi connectivity index (χ0n) is 13.4. The molecule has 0 bridgehead atoms. The molecule has 0 spiro atoms. The minimum atomic E-state index is -0.745. The maximum atomic E-state index is 12.0. The average Bonchev–Trinajstić information content (AvgIpc) is 2.92. The minimum Gasteiger partial charge on any atom is -0.386 e. The first-order valence-corrected chi connectivity index (χ1v) is 8.15. The molecule has 2 aromatic carbocycles. The van der Waals surface area contributed by atoms with Crippen LogP contribution in [0.2, 0.25) is 5.02 Å². The van der Waals surface area contributed by atoms with Crippen LogP contribution in [0, 0.1) is 0 Å². The van der Waals surface area contributed by atoms with Crippen LogP contribution in [0.3, 0.4) is 0 Å². The molecule has 0 aliphatic heterocycles. The van der Waals surface area contributed by atoms with Gasteiger partial charge in [-0.1, -0.05) is 41.9 Å². The second kappa shape index (κ2) is 7.07. The number of para-hydroxylation sites is 1. The molecule has 4 nitrogen and oxygen atoms in total. The summed E-state index contributed by atoms with van der Waals surface area (Å²) in [4.78, 5) is 12.0. The van der Waals surface area contributed by atoms with Gasteiger partial charge in [-0.15, -0.1) is 0 Å². The van der Waals surface area contributed by atoms with Gasteiger partial charge < -0.3 is 15.0 Å². The van der Waals surface area contributed by atoms with Crippen molar-refractivity contribution in [1.29, 1.82) is 0 Å². The van der Waals surface area contributed by atoms with E-state index < -0.39 is 6.10 Å². The van der Waals surface area contributed by atoms with Gasteiger partial charge in [0.1, 0.15) is 0 Å². The molecule has 2 N–H and O–H groups in total. The summed E-state index contributed by atoms with van der Waals surface area (Å²) in [5.74, 6) is -0.128. The summed E-state index contributed by atoms with van der Waals surface area (Å²) in [7, 11) is 1.94. The van der Waals surface area contributed by atoms with E-state index in [0.29, 0.717) is 5.02 Å². The number of fused-ring (bicyclic) bond motifs is 1. The van der Waals surface area contributed by atoms with E-state index in [9.17, 15) is 9.90 Å². The summed E-state index contributed by atoms with van der Waals surface area (Å²) in [6.45, 7) is 0.181. The Balaban J connectivity index is 1.63. The average molecular weight is 343 g/mol. The lowest BCUT2D eigenvalue weighted by Crippen LogP contribution is -2.29. The van der Waals surface area contributed by atoms with E-state index in [1.165, 1.54) is 0 Å². The Morgan fingerprint density at radius 3 is 2.67 bits per heavy atom. The molecule has 1 unspecified atom stereocenters. The summed E-state index contributed by atoms with van der Waals surface area (Å²) in [6.07, 6.45) is 1.42. The third kappa shape index (κ3) is 3.61. The summed E-state index contributed by atoms with van der Waals surface area (Å²) >= 11 is 5.83. The molecule has 0 radical (unpaired) electrons. The van der Waals surface area contributed by atoms with E-state index >= 15 is 0 Å². The smallest absolute Gasteiger partial charge is 0.224 e. The number of carbonyl (C=O) groups excluding carboxylic acids is 1. The quantitative estimate of drug-likeness (QED) is 0.748. The Hall–Kier alpha value is -2.30. The third-order valence-electron chi connectivity index (χ3n) is 4.06. The Morgan fingerprint density at radius 1 is 1.21 bits per heavy atom. The number of hydrogen-bond acceptors (Lipinski definition) is 2. The predicted molar refractivity (Wildman–Crippen MR) is 96.0 cm³/mol. The Kier molecular flexibility index (Phi) is 4.88. The summed E-state index contributed by atoms with van der Waals surface area (Å²) in [5, 5.41) is 14.9. The molecule has 0 aliphatic carbocycles. The predicted octanol–water partition coefficient (Wildman–Crippen LogP) is 3.22. The van der Waals surface area contributed by atoms with Crippen LogP contribution in [0.4, 0.5) is 0 Å². The fourth-order valence-electron chi connectivity index (χ4n) is 2.81. The number of nitrogens with one attached hydrogen (secondary N) is 1. The van der Waals surface area contributed by atoms with E-state index in [1.54, 1.807) is 12.1 Å². The number of aliphatic hydroxyl groups is 1. The van der Waals surface area contributed by atoms with Crippen molar-refractivity contribution in [3.05, 3.63) is 70.9 Å². The van der Waals surface area contributed by atoms with Crippen molar-refractivity contribution < 1.29 is 9.90 Å². The van der Waals surface area contributed by atoms with E-state index in [0.717, 1.165) is 22.0 Å².